The van der Waals surface area contributed by atoms with Crippen LogP contribution in [0, 0.1) is 0 Å². The summed E-state index contributed by atoms with van der Waals surface area (Å²) in [6, 6.07) is 33.5. The molecule has 0 heterocycles. The minimum Gasteiger partial charge on any atom is -0.495 e. The van der Waals surface area contributed by atoms with E-state index >= 15 is 0 Å². The Morgan fingerprint density at radius 3 is 2.12 bits per heavy atom. The van der Waals surface area contributed by atoms with Gasteiger partial charge in [-0.15, -0.1) is 0 Å². The van der Waals surface area contributed by atoms with Gasteiger partial charge in [-0.1, -0.05) is 110 Å². The molecule has 0 bridgehead atoms. The van der Waals surface area contributed by atoms with Crippen molar-refractivity contribution in [2.75, 3.05) is 12.8 Å². The van der Waals surface area contributed by atoms with Crippen LogP contribution < -0.4 is 10.5 Å². The van der Waals surface area contributed by atoms with Crippen molar-refractivity contribution in [1.82, 2.24) is 0 Å². The smallest absolute Gasteiger partial charge is 0.142 e. The quantitative estimate of drug-likeness (QED) is 0.221. The second-order valence-corrected chi connectivity index (χ2v) is 8.02. The monoisotopic (exact) mass is 443 g/mol. The van der Waals surface area contributed by atoms with E-state index in [1.165, 1.54) is 11.1 Å². The lowest BCUT2D eigenvalue weighted by molar-refractivity contribution is 0.417. The van der Waals surface area contributed by atoms with E-state index in [0.29, 0.717) is 17.9 Å². The number of nitrogens with two attached hydrogens (primary N) is 1. The molecule has 4 aromatic rings. The zero-order valence-corrected chi connectivity index (χ0v) is 19.4. The molecule has 0 atom stereocenters. The summed E-state index contributed by atoms with van der Waals surface area (Å²) in [6.45, 7) is 3.80. The van der Waals surface area contributed by atoms with Crippen LogP contribution in [0.2, 0.25) is 0 Å². The Bertz CT molecular complexity index is 1320. The second-order valence-electron chi connectivity index (χ2n) is 8.02. The van der Waals surface area contributed by atoms with Crippen LogP contribution in [0.5, 0.6) is 5.75 Å². The molecule has 0 aliphatic carbocycles. The summed E-state index contributed by atoms with van der Waals surface area (Å²) in [5.41, 5.74) is 15.0. The Kier molecular flexibility index (Phi) is 7.42. The van der Waals surface area contributed by atoms with Crippen molar-refractivity contribution < 1.29 is 4.74 Å². The minimum atomic E-state index is 0.668. The number of allylic oxidation sites excluding steroid dienone is 5. The fourth-order valence-corrected chi connectivity index (χ4v) is 4.00. The third-order valence-electron chi connectivity index (χ3n) is 5.81. The maximum absolute atomic E-state index is 6.50. The lowest BCUT2D eigenvalue weighted by Crippen LogP contribution is -1.99. The second kappa shape index (κ2) is 11.0. The molecular weight excluding hydrogens is 414 g/mol. The molecule has 0 amide bonds. The molecule has 0 radical (unpaired) electrons. The van der Waals surface area contributed by atoms with Gasteiger partial charge in [-0.3, -0.25) is 0 Å². The summed E-state index contributed by atoms with van der Waals surface area (Å²) in [6.07, 6.45) is 8.69. The van der Waals surface area contributed by atoms with Crippen LogP contribution in [0.15, 0.2) is 128 Å². The molecule has 0 saturated carbocycles. The van der Waals surface area contributed by atoms with E-state index in [4.69, 9.17) is 10.5 Å². The molecule has 0 fully saturated rings. The van der Waals surface area contributed by atoms with Gasteiger partial charge in [0.05, 0.1) is 12.8 Å². The number of hydrogen-bond acceptors (Lipinski definition) is 2. The van der Waals surface area contributed by atoms with E-state index in [0.717, 1.165) is 27.8 Å². The van der Waals surface area contributed by atoms with Gasteiger partial charge in [0.15, 0.2) is 0 Å². The molecule has 2 heteroatoms. The van der Waals surface area contributed by atoms with Crippen LogP contribution in [0.1, 0.15) is 11.1 Å². The normalized spacial score (nSPS) is 11.5. The highest BCUT2D eigenvalue weighted by atomic mass is 16.5. The molecule has 34 heavy (non-hydrogen) atoms. The first-order valence-electron chi connectivity index (χ1n) is 11.4. The molecule has 0 unspecified atom stereocenters. The maximum Gasteiger partial charge on any atom is 0.142 e. The van der Waals surface area contributed by atoms with Gasteiger partial charge in [0, 0.05) is 0 Å². The van der Waals surface area contributed by atoms with Gasteiger partial charge >= 0.3 is 0 Å². The zero-order valence-electron chi connectivity index (χ0n) is 19.4. The standard InChI is InChI=1S/C32H29NO/c1-3-4-12-26(24-13-7-5-8-14-24)19-20-29-22-30(23-31(34-2)32(29)33)28-18-11-17-27(21-28)25-15-9-6-10-16-25/h3-19,21-23H,1,20,33H2,2H3/b12-4-,26-19+. The third-order valence-corrected chi connectivity index (χ3v) is 5.81. The lowest BCUT2D eigenvalue weighted by atomic mass is 9.95. The van der Waals surface area contributed by atoms with Crippen molar-refractivity contribution in [3.8, 4) is 28.0 Å². The largest absolute Gasteiger partial charge is 0.495 e. The fourth-order valence-electron chi connectivity index (χ4n) is 4.00. The Morgan fingerprint density at radius 1 is 0.794 bits per heavy atom. The van der Waals surface area contributed by atoms with Crippen molar-refractivity contribution in [1.29, 1.82) is 0 Å². The van der Waals surface area contributed by atoms with E-state index in [9.17, 15) is 0 Å². The first-order chi connectivity index (χ1) is 16.7. The summed E-state index contributed by atoms with van der Waals surface area (Å²) < 4.78 is 5.65. The Balaban J connectivity index is 1.73. The van der Waals surface area contributed by atoms with Gasteiger partial charge in [0.25, 0.3) is 0 Å². The molecular formula is C32H29NO. The SMILES string of the molecule is C=C/C=C\C(=C/Cc1cc(-c2cccc(-c3ccccc3)c2)cc(OC)c1N)c1ccccc1. The molecule has 0 aliphatic heterocycles. The van der Waals surface area contributed by atoms with Crippen molar-refractivity contribution in [3.05, 3.63) is 139 Å². The predicted octanol–water partition coefficient (Wildman–Crippen LogP) is 7.98. The molecule has 2 nitrogen and oxygen atoms in total. The van der Waals surface area contributed by atoms with Gasteiger partial charge < -0.3 is 10.5 Å². The highest BCUT2D eigenvalue weighted by Gasteiger charge is 2.11. The van der Waals surface area contributed by atoms with Crippen molar-refractivity contribution in [2.45, 2.75) is 6.42 Å². The average molecular weight is 444 g/mol. The predicted molar refractivity (Wildman–Crippen MR) is 146 cm³/mol. The molecule has 0 spiro atoms. The van der Waals surface area contributed by atoms with E-state index in [2.05, 4.69) is 85.5 Å². The first-order valence-corrected chi connectivity index (χ1v) is 11.4. The zero-order chi connectivity index (χ0) is 23.8. The van der Waals surface area contributed by atoms with Crippen LogP contribution >= 0.6 is 0 Å². The van der Waals surface area contributed by atoms with Gasteiger partial charge in [0.1, 0.15) is 5.75 Å². The van der Waals surface area contributed by atoms with E-state index in [-0.39, 0.29) is 0 Å². The van der Waals surface area contributed by atoms with E-state index < -0.39 is 0 Å². The summed E-state index contributed by atoms with van der Waals surface area (Å²) in [5, 5.41) is 0. The molecule has 4 rings (SSSR count). The van der Waals surface area contributed by atoms with Crippen LogP contribution in [0.25, 0.3) is 27.8 Å². The summed E-state index contributed by atoms with van der Waals surface area (Å²) in [4.78, 5) is 0. The molecule has 0 aromatic heterocycles. The maximum atomic E-state index is 6.50. The number of benzene rings is 4. The Hall–Kier alpha value is -4.30. The highest BCUT2D eigenvalue weighted by molar-refractivity contribution is 5.78. The number of hydrogen-bond donors (Lipinski definition) is 1. The summed E-state index contributed by atoms with van der Waals surface area (Å²) in [7, 11) is 1.66. The number of nitrogen functional groups attached to an aromatic ring is 1. The van der Waals surface area contributed by atoms with Gasteiger partial charge in [0.2, 0.25) is 0 Å². The summed E-state index contributed by atoms with van der Waals surface area (Å²) in [5.74, 6) is 0.689. The molecule has 0 aliphatic rings. The fraction of sp³-hybridized carbons (Fsp3) is 0.0625. The number of methoxy groups -OCH3 is 1. The third kappa shape index (κ3) is 5.36. The van der Waals surface area contributed by atoms with Crippen molar-refractivity contribution in [2.24, 2.45) is 0 Å². The Morgan fingerprint density at radius 2 is 1.44 bits per heavy atom. The van der Waals surface area contributed by atoms with Crippen LogP contribution in [0.4, 0.5) is 5.69 Å². The molecule has 2 N–H and O–H groups in total. The minimum absolute atomic E-state index is 0.668. The van der Waals surface area contributed by atoms with Crippen LogP contribution in [-0.2, 0) is 6.42 Å². The lowest BCUT2D eigenvalue weighted by Gasteiger charge is -2.14. The molecule has 0 saturated heterocycles. The number of rotatable bonds is 8. The van der Waals surface area contributed by atoms with Gasteiger partial charge in [-0.25, -0.2) is 0 Å². The van der Waals surface area contributed by atoms with Crippen LogP contribution in [-0.4, -0.2) is 7.11 Å². The van der Waals surface area contributed by atoms with Gasteiger partial charge in [-0.05, 0) is 63.6 Å². The first kappa shape index (κ1) is 22.9. The summed E-state index contributed by atoms with van der Waals surface area (Å²) >= 11 is 0. The topological polar surface area (TPSA) is 35.2 Å². The molecule has 4 aromatic carbocycles. The van der Waals surface area contributed by atoms with Crippen LogP contribution in [0.3, 0.4) is 0 Å². The van der Waals surface area contributed by atoms with E-state index in [1.807, 2.05) is 36.4 Å². The highest BCUT2D eigenvalue weighted by Crippen LogP contribution is 2.35. The van der Waals surface area contributed by atoms with Crippen molar-refractivity contribution >= 4 is 11.3 Å². The number of ether oxygens (including phenoxy) is 1. The number of anilines is 1. The molecule has 168 valence electrons. The average Bonchev–Trinajstić information content (AvgIpc) is 2.90. The van der Waals surface area contributed by atoms with Gasteiger partial charge in [-0.2, -0.15) is 0 Å². The van der Waals surface area contributed by atoms with E-state index in [1.54, 1.807) is 13.2 Å². The van der Waals surface area contributed by atoms with Crippen molar-refractivity contribution in [3.63, 3.8) is 0 Å². The Labute approximate surface area is 202 Å².